The Kier molecular flexibility index (Phi) is 3.42. The van der Waals surface area contributed by atoms with Crippen LogP contribution >= 0.6 is 0 Å². The summed E-state index contributed by atoms with van der Waals surface area (Å²) in [5, 5.41) is 9.37. The van der Waals surface area contributed by atoms with Crippen molar-refractivity contribution >= 4 is 11.7 Å². The summed E-state index contributed by atoms with van der Waals surface area (Å²) in [6.45, 7) is 2.10. The predicted octanol–water partition coefficient (Wildman–Crippen LogP) is 3.65. The summed E-state index contributed by atoms with van der Waals surface area (Å²) in [7, 11) is 0. The molecule has 0 aromatic heterocycles. The van der Waals surface area contributed by atoms with E-state index in [0.717, 1.165) is 29.9 Å². The van der Waals surface area contributed by atoms with Crippen LogP contribution in [0.4, 0.5) is 5.69 Å². The molecule has 0 spiro atoms. The second-order valence-corrected chi connectivity index (χ2v) is 5.06. The molecule has 3 rings (SSSR count). The summed E-state index contributed by atoms with van der Waals surface area (Å²) in [5.41, 5.74) is 3.30. The van der Waals surface area contributed by atoms with E-state index in [1.807, 2.05) is 30.3 Å². The first kappa shape index (κ1) is 12.7. The maximum atomic E-state index is 11.4. The molecule has 2 aromatic carbocycles. The Labute approximate surface area is 118 Å². The zero-order chi connectivity index (χ0) is 13.9. The van der Waals surface area contributed by atoms with Gasteiger partial charge in [-0.05, 0) is 30.5 Å². The highest BCUT2D eigenvalue weighted by atomic mass is 16.4. The lowest BCUT2D eigenvalue weighted by Crippen LogP contribution is -2.18. The Bertz CT molecular complexity index is 630. The van der Waals surface area contributed by atoms with Crippen molar-refractivity contribution in [2.45, 2.75) is 12.8 Å². The molecule has 1 N–H and O–H groups in total. The molecule has 0 aliphatic carbocycles. The summed E-state index contributed by atoms with van der Waals surface area (Å²) in [5.74, 6) is -0.878. The smallest absolute Gasteiger partial charge is 0.336 e. The van der Waals surface area contributed by atoms with Crippen molar-refractivity contribution < 1.29 is 9.90 Å². The van der Waals surface area contributed by atoms with E-state index in [9.17, 15) is 9.90 Å². The van der Waals surface area contributed by atoms with Crippen molar-refractivity contribution in [3.8, 4) is 11.1 Å². The summed E-state index contributed by atoms with van der Waals surface area (Å²) in [4.78, 5) is 13.8. The van der Waals surface area contributed by atoms with Crippen LogP contribution in [0.15, 0.2) is 48.5 Å². The molecule has 1 aliphatic rings. The molecule has 1 fully saturated rings. The van der Waals surface area contributed by atoms with Gasteiger partial charge in [0, 0.05) is 24.3 Å². The lowest BCUT2D eigenvalue weighted by Gasteiger charge is -2.22. The fourth-order valence-corrected chi connectivity index (χ4v) is 2.84. The van der Waals surface area contributed by atoms with Crippen molar-refractivity contribution in [2.24, 2.45) is 0 Å². The molecule has 0 amide bonds. The third-order valence-electron chi connectivity index (χ3n) is 3.80. The number of carbonyl (C=O) groups is 1. The van der Waals surface area contributed by atoms with Gasteiger partial charge in [0.1, 0.15) is 0 Å². The van der Waals surface area contributed by atoms with Gasteiger partial charge in [0.25, 0.3) is 0 Å². The highest BCUT2D eigenvalue weighted by molar-refractivity contribution is 5.98. The highest BCUT2D eigenvalue weighted by Crippen LogP contribution is 2.34. The lowest BCUT2D eigenvalue weighted by atomic mass is 9.97. The molecule has 1 heterocycles. The first-order valence-electron chi connectivity index (χ1n) is 6.94. The molecule has 1 saturated heterocycles. The SMILES string of the molecule is O=C(O)c1ccccc1-c1ccccc1N1CCCC1. The average molecular weight is 267 g/mol. The maximum Gasteiger partial charge on any atom is 0.336 e. The number of anilines is 1. The van der Waals surface area contributed by atoms with Crippen molar-refractivity contribution in [1.29, 1.82) is 0 Å². The number of hydrogen-bond donors (Lipinski definition) is 1. The Morgan fingerprint density at radius 2 is 1.50 bits per heavy atom. The predicted molar refractivity (Wildman–Crippen MR) is 80.3 cm³/mol. The van der Waals surface area contributed by atoms with Gasteiger partial charge in [0.2, 0.25) is 0 Å². The van der Waals surface area contributed by atoms with Gasteiger partial charge in [0.15, 0.2) is 0 Å². The van der Waals surface area contributed by atoms with Crippen LogP contribution in [0.2, 0.25) is 0 Å². The maximum absolute atomic E-state index is 11.4. The van der Waals surface area contributed by atoms with Crippen molar-refractivity contribution in [3.05, 3.63) is 54.1 Å². The van der Waals surface area contributed by atoms with E-state index in [4.69, 9.17) is 0 Å². The number of benzene rings is 2. The number of nitrogens with zero attached hydrogens (tertiary/aromatic N) is 1. The van der Waals surface area contributed by atoms with Crippen molar-refractivity contribution in [3.63, 3.8) is 0 Å². The number of aromatic carboxylic acids is 1. The lowest BCUT2D eigenvalue weighted by molar-refractivity contribution is 0.0698. The van der Waals surface area contributed by atoms with E-state index >= 15 is 0 Å². The van der Waals surface area contributed by atoms with Crippen LogP contribution in [0.3, 0.4) is 0 Å². The Morgan fingerprint density at radius 3 is 2.20 bits per heavy atom. The van der Waals surface area contributed by atoms with Crippen LogP contribution in [0.5, 0.6) is 0 Å². The average Bonchev–Trinajstić information content (AvgIpc) is 3.01. The van der Waals surface area contributed by atoms with Crippen molar-refractivity contribution in [1.82, 2.24) is 0 Å². The van der Waals surface area contributed by atoms with Gasteiger partial charge < -0.3 is 10.0 Å². The third kappa shape index (κ3) is 2.27. The summed E-state index contributed by atoms with van der Waals surface area (Å²) < 4.78 is 0. The minimum absolute atomic E-state index is 0.360. The molecule has 0 saturated carbocycles. The number of carboxylic acid groups (broad SMARTS) is 1. The summed E-state index contributed by atoms with van der Waals surface area (Å²) in [6.07, 6.45) is 2.41. The first-order valence-corrected chi connectivity index (χ1v) is 6.94. The van der Waals surface area contributed by atoms with Gasteiger partial charge in [-0.25, -0.2) is 4.79 Å². The van der Waals surface area contributed by atoms with Gasteiger partial charge in [-0.2, -0.15) is 0 Å². The minimum atomic E-state index is -0.878. The Balaban J connectivity index is 2.13. The Morgan fingerprint density at radius 1 is 0.900 bits per heavy atom. The second kappa shape index (κ2) is 5.37. The van der Waals surface area contributed by atoms with Gasteiger partial charge in [-0.1, -0.05) is 36.4 Å². The van der Waals surface area contributed by atoms with E-state index < -0.39 is 5.97 Å². The van der Waals surface area contributed by atoms with E-state index in [1.165, 1.54) is 12.8 Å². The second-order valence-electron chi connectivity index (χ2n) is 5.06. The van der Waals surface area contributed by atoms with E-state index in [2.05, 4.69) is 11.0 Å². The molecule has 20 heavy (non-hydrogen) atoms. The Hall–Kier alpha value is -2.29. The van der Waals surface area contributed by atoms with Gasteiger partial charge in [-0.15, -0.1) is 0 Å². The molecule has 3 nitrogen and oxygen atoms in total. The molecule has 102 valence electrons. The molecule has 1 aliphatic heterocycles. The van der Waals surface area contributed by atoms with Crippen molar-refractivity contribution in [2.75, 3.05) is 18.0 Å². The van der Waals surface area contributed by atoms with E-state index in [1.54, 1.807) is 12.1 Å². The van der Waals surface area contributed by atoms with E-state index in [0.29, 0.717) is 5.56 Å². The highest BCUT2D eigenvalue weighted by Gasteiger charge is 2.19. The standard InChI is InChI=1S/C17H17NO2/c19-17(20)15-9-2-1-7-13(15)14-8-3-4-10-16(14)18-11-5-6-12-18/h1-4,7-10H,5-6,11-12H2,(H,19,20). The van der Waals surface area contributed by atoms with Gasteiger partial charge in [-0.3, -0.25) is 0 Å². The largest absolute Gasteiger partial charge is 0.478 e. The topological polar surface area (TPSA) is 40.5 Å². The van der Waals surface area contributed by atoms with Gasteiger partial charge >= 0.3 is 5.97 Å². The fourth-order valence-electron chi connectivity index (χ4n) is 2.84. The molecule has 3 heteroatoms. The monoisotopic (exact) mass is 267 g/mol. The molecule has 0 atom stereocenters. The van der Waals surface area contributed by atoms with E-state index in [-0.39, 0.29) is 0 Å². The summed E-state index contributed by atoms with van der Waals surface area (Å²) >= 11 is 0. The zero-order valence-electron chi connectivity index (χ0n) is 11.2. The van der Waals surface area contributed by atoms with Crippen LogP contribution in [-0.2, 0) is 0 Å². The number of para-hydroxylation sites is 1. The zero-order valence-corrected chi connectivity index (χ0v) is 11.2. The molecule has 2 aromatic rings. The molecular weight excluding hydrogens is 250 g/mol. The normalized spacial score (nSPS) is 14.5. The van der Waals surface area contributed by atoms with Crippen LogP contribution in [0.1, 0.15) is 23.2 Å². The molecule has 0 bridgehead atoms. The summed E-state index contributed by atoms with van der Waals surface area (Å²) in [6, 6.07) is 15.3. The number of rotatable bonds is 3. The number of hydrogen-bond acceptors (Lipinski definition) is 2. The van der Waals surface area contributed by atoms with Crippen LogP contribution < -0.4 is 4.90 Å². The number of carboxylic acids is 1. The third-order valence-corrected chi connectivity index (χ3v) is 3.80. The quantitative estimate of drug-likeness (QED) is 0.922. The molecule has 0 unspecified atom stereocenters. The van der Waals surface area contributed by atoms with Crippen LogP contribution in [-0.4, -0.2) is 24.2 Å². The van der Waals surface area contributed by atoms with Crippen LogP contribution in [0.25, 0.3) is 11.1 Å². The molecular formula is C17H17NO2. The van der Waals surface area contributed by atoms with Gasteiger partial charge in [0.05, 0.1) is 5.56 Å². The molecule has 0 radical (unpaired) electrons. The fraction of sp³-hybridized carbons (Fsp3) is 0.235. The van der Waals surface area contributed by atoms with Crippen LogP contribution in [0, 0.1) is 0 Å². The first-order chi connectivity index (χ1) is 9.77. The minimum Gasteiger partial charge on any atom is -0.478 e.